The highest BCUT2D eigenvalue weighted by Crippen LogP contribution is 2.25. The van der Waals surface area contributed by atoms with Crippen molar-refractivity contribution in [2.75, 3.05) is 7.05 Å². The maximum Gasteiger partial charge on any atom is 0.322 e. The van der Waals surface area contributed by atoms with Crippen LogP contribution in [0.15, 0.2) is 18.2 Å². The summed E-state index contributed by atoms with van der Waals surface area (Å²) in [6, 6.07) is 4.96. The van der Waals surface area contributed by atoms with Crippen LogP contribution in [0.4, 0.5) is 0 Å². The largest absolute Gasteiger partial charge is 0.480 e. The molecule has 0 amide bonds. The summed E-state index contributed by atoms with van der Waals surface area (Å²) in [5.41, 5.74) is 9.42. The zero-order chi connectivity index (χ0) is 13.1. The van der Waals surface area contributed by atoms with Crippen LogP contribution < -0.4 is 11.1 Å². The number of carbonyl (C=O) groups is 1. The molecule has 0 aromatic heterocycles. The Balaban J connectivity index is 2.28. The maximum atomic E-state index is 11.0. The molecular weight excluding hydrogens is 228 g/mol. The van der Waals surface area contributed by atoms with Gasteiger partial charge in [0.05, 0.1) is 6.04 Å². The standard InChI is InChI=1S/C14H20N2O2/c1-16-13(12(15)14(17)18)11-7-6-9-4-2-3-5-10(9)8-11/h6-8,12-13,16H,2-5,15H2,1H3,(H,17,18). The first-order chi connectivity index (χ1) is 8.63. The Hall–Kier alpha value is -1.39. The van der Waals surface area contributed by atoms with Gasteiger partial charge in [-0.2, -0.15) is 0 Å². The second kappa shape index (κ2) is 5.50. The maximum absolute atomic E-state index is 11.0. The van der Waals surface area contributed by atoms with Crippen molar-refractivity contribution in [3.8, 4) is 0 Å². The minimum atomic E-state index is -0.980. The summed E-state index contributed by atoms with van der Waals surface area (Å²) in [4.78, 5) is 11.0. The minimum Gasteiger partial charge on any atom is -0.480 e. The fourth-order valence-electron chi connectivity index (χ4n) is 2.64. The number of aryl methyl sites for hydroxylation is 2. The molecule has 1 aliphatic carbocycles. The lowest BCUT2D eigenvalue weighted by Gasteiger charge is -2.23. The molecule has 0 heterocycles. The molecule has 2 atom stereocenters. The van der Waals surface area contributed by atoms with Gasteiger partial charge in [-0.05, 0) is 49.4 Å². The van der Waals surface area contributed by atoms with Gasteiger partial charge in [-0.3, -0.25) is 4.79 Å². The van der Waals surface area contributed by atoms with Gasteiger partial charge in [0.25, 0.3) is 0 Å². The van der Waals surface area contributed by atoms with Crippen molar-refractivity contribution in [2.45, 2.75) is 37.8 Å². The molecule has 0 fully saturated rings. The number of hydrogen-bond donors (Lipinski definition) is 3. The summed E-state index contributed by atoms with van der Waals surface area (Å²) in [5.74, 6) is -0.980. The number of fused-ring (bicyclic) bond motifs is 1. The van der Waals surface area contributed by atoms with Crippen molar-refractivity contribution in [2.24, 2.45) is 5.73 Å². The van der Waals surface area contributed by atoms with E-state index in [9.17, 15) is 4.79 Å². The average molecular weight is 248 g/mol. The molecule has 2 rings (SSSR count). The molecule has 18 heavy (non-hydrogen) atoms. The van der Waals surface area contributed by atoms with Gasteiger partial charge in [0, 0.05) is 0 Å². The molecule has 2 unspecified atom stereocenters. The number of carboxylic acids is 1. The predicted molar refractivity (Wildman–Crippen MR) is 70.5 cm³/mol. The van der Waals surface area contributed by atoms with E-state index in [0.717, 1.165) is 18.4 Å². The quantitative estimate of drug-likeness (QED) is 0.749. The van der Waals surface area contributed by atoms with Crippen LogP contribution in [-0.2, 0) is 17.6 Å². The third-order valence-electron chi connectivity index (χ3n) is 3.69. The van der Waals surface area contributed by atoms with E-state index in [0.29, 0.717) is 0 Å². The molecule has 4 N–H and O–H groups in total. The summed E-state index contributed by atoms with van der Waals surface area (Å²) in [5, 5.41) is 12.0. The molecule has 0 aliphatic heterocycles. The van der Waals surface area contributed by atoms with E-state index in [4.69, 9.17) is 10.8 Å². The van der Waals surface area contributed by atoms with Gasteiger partial charge in [-0.1, -0.05) is 18.2 Å². The summed E-state index contributed by atoms with van der Waals surface area (Å²) in [6.07, 6.45) is 4.68. The Morgan fingerprint density at radius 3 is 2.61 bits per heavy atom. The van der Waals surface area contributed by atoms with E-state index in [1.54, 1.807) is 7.05 Å². The molecule has 0 radical (unpaired) electrons. The van der Waals surface area contributed by atoms with Crippen LogP contribution in [0.5, 0.6) is 0 Å². The topological polar surface area (TPSA) is 75.3 Å². The van der Waals surface area contributed by atoms with Crippen molar-refractivity contribution in [1.29, 1.82) is 0 Å². The first-order valence-electron chi connectivity index (χ1n) is 6.41. The van der Waals surface area contributed by atoms with Crippen LogP contribution in [0.1, 0.15) is 35.6 Å². The van der Waals surface area contributed by atoms with Gasteiger partial charge in [0.15, 0.2) is 0 Å². The molecule has 0 saturated heterocycles. The number of likely N-dealkylation sites (N-methyl/N-ethyl adjacent to an activating group) is 1. The Morgan fingerprint density at radius 2 is 2.00 bits per heavy atom. The van der Waals surface area contributed by atoms with E-state index in [2.05, 4.69) is 17.4 Å². The van der Waals surface area contributed by atoms with Crippen LogP contribution in [-0.4, -0.2) is 24.2 Å². The van der Waals surface area contributed by atoms with E-state index in [1.807, 2.05) is 6.07 Å². The highest BCUT2D eigenvalue weighted by atomic mass is 16.4. The summed E-state index contributed by atoms with van der Waals surface area (Å²) >= 11 is 0. The van der Waals surface area contributed by atoms with E-state index in [-0.39, 0.29) is 6.04 Å². The Kier molecular flexibility index (Phi) is 3.99. The second-order valence-electron chi connectivity index (χ2n) is 4.87. The van der Waals surface area contributed by atoms with Crippen LogP contribution in [0.25, 0.3) is 0 Å². The molecule has 1 aromatic rings. The Bertz CT molecular complexity index is 445. The third-order valence-corrected chi connectivity index (χ3v) is 3.69. The Labute approximate surface area is 107 Å². The monoisotopic (exact) mass is 248 g/mol. The number of nitrogens with two attached hydrogens (primary N) is 1. The van der Waals surface area contributed by atoms with E-state index in [1.165, 1.54) is 24.0 Å². The van der Waals surface area contributed by atoms with Gasteiger partial charge in [-0.25, -0.2) is 0 Å². The number of nitrogens with one attached hydrogen (secondary N) is 1. The summed E-state index contributed by atoms with van der Waals surface area (Å²) in [6.45, 7) is 0. The first-order valence-corrected chi connectivity index (χ1v) is 6.41. The molecule has 1 aliphatic rings. The smallest absolute Gasteiger partial charge is 0.322 e. The van der Waals surface area contributed by atoms with Crippen molar-refractivity contribution < 1.29 is 9.90 Å². The lowest BCUT2D eigenvalue weighted by Crippen LogP contribution is -2.42. The lowest BCUT2D eigenvalue weighted by atomic mass is 9.88. The molecule has 4 heteroatoms. The van der Waals surface area contributed by atoms with E-state index >= 15 is 0 Å². The molecule has 0 spiro atoms. The fourth-order valence-corrected chi connectivity index (χ4v) is 2.64. The molecule has 0 bridgehead atoms. The van der Waals surface area contributed by atoms with Crippen molar-refractivity contribution in [1.82, 2.24) is 5.32 Å². The first kappa shape index (κ1) is 13.1. The predicted octanol–water partition coefficient (Wildman–Crippen LogP) is 1.24. The van der Waals surface area contributed by atoms with Gasteiger partial charge in [-0.15, -0.1) is 0 Å². The van der Waals surface area contributed by atoms with Crippen LogP contribution in [0.2, 0.25) is 0 Å². The summed E-state index contributed by atoms with van der Waals surface area (Å²) in [7, 11) is 1.74. The third kappa shape index (κ3) is 2.54. The van der Waals surface area contributed by atoms with Gasteiger partial charge >= 0.3 is 5.97 Å². The molecular formula is C14H20N2O2. The van der Waals surface area contributed by atoms with Crippen molar-refractivity contribution in [3.05, 3.63) is 34.9 Å². The summed E-state index contributed by atoms with van der Waals surface area (Å²) < 4.78 is 0. The Morgan fingerprint density at radius 1 is 1.33 bits per heavy atom. The number of carboxylic acid groups (broad SMARTS) is 1. The minimum absolute atomic E-state index is 0.338. The average Bonchev–Trinajstić information content (AvgIpc) is 2.39. The van der Waals surface area contributed by atoms with Crippen molar-refractivity contribution in [3.63, 3.8) is 0 Å². The molecule has 4 nitrogen and oxygen atoms in total. The zero-order valence-electron chi connectivity index (χ0n) is 10.6. The zero-order valence-corrected chi connectivity index (χ0v) is 10.6. The number of benzene rings is 1. The number of rotatable bonds is 4. The fraction of sp³-hybridized carbons (Fsp3) is 0.500. The molecule has 98 valence electrons. The molecule has 1 aromatic carbocycles. The lowest BCUT2D eigenvalue weighted by molar-refractivity contribution is -0.139. The normalized spacial score (nSPS) is 17.9. The highest BCUT2D eigenvalue weighted by Gasteiger charge is 2.25. The van der Waals surface area contributed by atoms with Crippen LogP contribution in [0.3, 0.4) is 0 Å². The van der Waals surface area contributed by atoms with Crippen molar-refractivity contribution >= 4 is 5.97 Å². The van der Waals surface area contributed by atoms with Crippen LogP contribution in [0, 0.1) is 0 Å². The number of hydrogen-bond acceptors (Lipinski definition) is 3. The van der Waals surface area contributed by atoms with Gasteiger partial charge < -0.3 is 16.2 Å². The number of aliphatic carboxylic acids is 1. The van der Waals surface area contributed by atoms with Gasteiger partial charge in [0.1, 0.15) is 6.04 Å². The molecule has 0 saturated carbocycles. The second-order valence-corrected chi connectivity index (χ2v) is 4.87. The highest BCUT2D eigenvalue weighted by molar-refractivity contribution is 5.74. The van der Waals surface area contributed by atoms with E-state index < -0.39 is 12.0 Å². The van der Waals surface area contributed by atoms with Gasteiger partial charge in [0.2, 0.25) is 0 Å². The van der Waals surface area contributed by atoms with Crippen LogP contribution >= 0.6 is 0 Å². The SMILES string of the molecule is CNC(c1ccc2c(c1)CCCC2)C(N)C(=O)O.